The van der Waals surface area contributed by atoms with Crippen LogP contribution in [0, 0.1) is 5.92 Å². The number of rotatable bonds is 6. The van der Waals surface area contributed by atoms with Gasteiger partial charge in [0.05, 0.1) is 12.0 Å². The largest absolute Gasteiger partial charge is 0.348 e. The van der Waals surface area contributed by atoms with Gasteiger partial charge in [0.1, 0.15) is 4.21 Å². The highest BCUT2D eigenvalue weighted by molar-refractivity contribution is 7.91. The lowest BCUT2D eigenvalue weighted by atomic mass is 9.98. The first-order chi connectivity index (χ1) is 12.0. The fourth-order valence-corrected chi connectivity index (χ4v) is 6.60. The molecule has 3 heterocycles. The Hall–Kier alpha value is -1.22. The van der Waals surface area contributed by atoms with Crippen LogP contribution in [0.15, 0.2) is 39.2 Å². The zero-order chi connectivity index (χ0) is 17.9. The number of nitrogens with zero attached hydrogens (tertiary/aromatic N) is 1. The van der Waals surface area contributed by atoms with Crippen LogP contribution in [0.25, 0.3) is 0 Å². The van der Waals surface area contributed by atoms with E-state index in [0.29, 0.717) is 17.2 Å². The quantitative estimate of drug-likeness (QED) is 0.810. The van der Waals surface area contributed by atoms with E-state index in [4.69, 9.17) is 0 Å². The third kappa shape index (κ3) is 4.13. The zero-order valence-electron chi connectivity index (χ0n) is 14.1. The molecule has 3 rings (SSSR count). The van der Waals surface area contributed by atoms with Crippen molar-refractivity contribution in [1.82, 2.24) is 9.62 Å². The van der Waals surface area contributed by atoms with Gasteiger partial charge in [0.25, 0.3) is 10.0 Å². The molecular weight excluding hydrogens is 376 g/mol. The number of hydrogen-bond donors (Lipinski definition) is 1. The number of nitrogens with one attached hydrogen (secondary N) is 1. The van der Waals surface area contributed by atoms with Crippen LogP contribution in [-0.2, 0) is 14.8 Å². The van der Waals surface area contributed by atoms with Gasteiger partial charge in [-0.25, -0.2) is 8.42 Å². The van der Waals surface area contributed by atoms with Crippen LogP contribution in [0.3, 0.4) is 0 Å². The molecule has 2 aromatic rings. The van der Waals surface area contributed by atoms with Crippen LogP contribution in [0.5, 0.6) is 0 Å². The molecule has 1 aliphatic rings. The van der Waals surface area contributed by atoms with Gasteiger partial charge in [0, 0.05) is 18.0 Å². The Kier molecular flexibility index (Phi) is 5.93. The molecule has 5 nitrogen and oxygen atoms in total. The monoisotopic (exact) mass is 398 g/mol. The third-order valence-corrected chi connectivity index (χ3v) is 8.68. The molecular formula is C17H22N2O3S3. The minimum absolute atomic E-state index is 0.00298. The number of piperidine rings is 1. The van der Waals surface area contributed by atoms with Crippen molar-refractivity contribution in [2.24, 2.45) is 5.92 Å². The van der Waals surface area contributed by atoms with Gasteiger partial charge in [-0.2, -0.15) is 4.31 Å². The summed E-state index contributed by atoms with van der Waals surface area (Å²) < 4.78 is 27.2. The lowest BCUT2D eigenvalue weighted by Gasteiger charge is -2.31. The lowest BCUT2D eigenvalue weighted by Crippen LogP contribution is -2.45. The molecule has 1 aliphatic heterocycles. The molecule has 0 bridgehead atoms. The lowest BCUT2D eigenvalue weighted by molar-refractivity contribution is -0.126. The van der Waals surface area contributed by atoms with Gasteiger partial charge in [-0.1, -0.05) is 19.1 Å². The molecule has 1 N–H and O–H groups in total. The van der Waals surface area contributed by atoms with Crippen molar-refractivity contribution in [3.63, 3.8) is 0 Å². The van der Waals surface area contributed by atoms with E-state index in [-0.39, 0.29) is 24.4 Å². The second kappa shape index (κ2) is 7.99. The van der Waals surface area contributed by atoms with Gasteiger partial charge >= 0.3 is 0 Å². The predicted molar refractivity (Wildman–Crippen MR) is 101 cm³/mol. The average molecular weight is 399 g/mol. The molecule has 0 radical (unpaired) electrons. The standard InChI is InChI=1S/C17H22N2O3S3/c1-2-14(15-7-4-10-23-15)18-17(20)13-6-3-9-19(12-13)25(21,22)16-8-5-11-24-16/h4-5,7-8,10-11,13-14H,2-3,6,9,12H2,1H3,(H,18,20). The molecule has 2 unspecified atom stereocenters. The van der Waals surface area contributed by atoms with Crippen molar-refractivity contribution in [1.29, 1.82) is 0 Å². The van der Waals surface area contributed by atoms with Crippen LogP contribution in [-0.4, -0.2) is 31.7 Å². The molecule has 2 aromatic heterocycles. The highest BCUT2D eigenvalue weighted by Gasteiger charge is 2.34. The highest BCUT2D eigenvalue weighted by Crippen LogP contribution is 2.28. The highest BCUT2D eigenvalue weighted by atomic mass is 32.2. The summed E-state index contributed by atoms with van der Waals surface area (Å²) in [6.45, 7) is 2.78. The van der Waals surface area contributed by atoms with E-state index in [1.165, 1.54) is 15.6 Å². The van der Waals surface area contributed by atoms with Crippen molar-refractivity contribution in [2.45, 2.75) is 36.4 Å². The van der Waals surface area contributed by atoms with Gasteiger partial charge in [0.2, 0.25) is 5.91 Å². The second-order valence-corrected chi connectivity index (χ2v) is 10.2. The Morgan fingerprint density at radius 2 is 2.08 bits per heavy atom. The van der Waals surface area contributed by atoms with Gasteiger partial charge in [0.15, 0.2) is 0 Å². The van der Waals surface area contributed by atoms with Crippen LogP contribution >= 0.6 is 22.7 Å². The summed E-state index contributed by atoms with van der Waals surface area (Å²) in [6.07, 6.45) is 2.25. The fraction of sp³-hybridized carbons (Fsp3) is 0.471. The number of amides is 1. The maximum atomic E-state index is 12.7. The molecule has 1 saturated heterocycles. The predicted octanol–water partition coefficient (Wildman–Crippen LogP) is 3.48. The summed E-state index contributed by atoms with van der Waals surface area (Å²) in [7, 11) is -3.49. The minimum Gasteiger partial charge on any atom is -0.348 e. The Bertz CT molecular complexity index is 785. The number of carbonyl (C=O) groups is 1. The summed E-state index contributed by atoms with van der Waals surface area (Å²) >= 11 is 2.84. The Morgan fingerprint density at radius 1 is 1.32 bits per heavy atom. The van der Waals surface area contributed by atoms with Crippen molar-refractivity contribution >= 4 is 38.6 Å². The molecule has 8 heteroatoms. The summed E-state index contributed by atoms with van der Waals surface area (Å²) in [5.74, 6) is -0.344. The maximum absolute atomic E-state index is 12.7. The Balaban J connectivity index is 1.68. The number of thiophene rings is 2. The number of hydrogen-bond acceptors (Lipinski definition) is 5. The van der Waals surface area contributed by atoms with Crippen molar-refractivity contribution in [3.8, 4) is 0 Å². The minimum atomic E-state index is -3.49. The zero-order valence-corrected chi connectivity index (χ0v) is 16.5. The fourth-order valence-electron chi connectivity index (χ4n) is 3.07. The maximum Gasteiger partial charge on any atom is 0.252 e. The van der Waals surface area contributed by atoms with Crippen LogP contribution < -0.4 is 5.32 Å². The third-order valence-electron chi connectivity index (χ3n) is 4.46. The van der Waals surface area contributed by atoms with Crippen LogP contribution in [0.4, 0.5) is 0 Å². The molecule has 1 amide bonds. The van der Waals surface area contributed by atoms with Crippen molar-refractivity contribution in [2.75, 3.05) is 13.1 Å². The SMILES string of the molecule is CCC(NC(=O)C1CCCN(S(=O)(=O)c2cccs2)C1)c1cccs1. The first-order valence-corrected chi connectivity index (χ1v) is 11.6. The van der Waals surface area contributed by atoms with E-state index < -0.39 is 10.0 Å². The average Bonchev–Trinajstić information content (AvgIpc) is 3.33. The molecule has 136 valence electrons. The number of sulfonamides is 1. The summed E-state index contributed by atoms with van der Waals surface area (Å²) in [5, 5.41) is 6.86. The van der Waals surface area contributed by atoms with Crippen molar-refractivity contribution in [3.05, 3.63) is 39.9 Å². The van der Waals surface area contributed by atoms with E-state index in [1.807, 2.05) is 24.4 Å². The van der Waals surface area contributed by atoms with Crippen LogP contribution in [0.2, 0.25) is 0 Å². The Morgan fingerprint density at radius 3 is 2.72 bits per heavy atom. The van der Waals surface area contributed by atoms with E-state index in [1.54, 1.807) is 28.8 Å². The van der Waals surface area contributed by atoms with E-state index in [2.05, 4.69) is 5.32 Å². The second-order valence-electron chi connectivity index (χ2n) is 6.12. The van der Waals surface area contributed by atoms with E-state index in [9.17, 15) is 13.2 Å². The van der Waals surface area contributed by atoms with Gasteiger partial charge in [-0.3, -0.25) is 4.79 Å². The summed E-state index contributed by atoms with van der Waals surface area (Å²) in [4.78, 5) is 13.8. The summed E-state index contributed by atoms with van der Waals surface area (Å²) in [5.41, 5.74) is 0. The van der Waals surface area contributed by atoms with Crippen molar-refractivity contribution < 1.29 is 13.2 Å². The molecule has 0 aromatic carbocycles. The molecule has 1 fully saturated rings. The van der Waals surface area contributed by atoms with Gasteiger partial charge in [-0.15, -0.1) is 22.7 Å². The normalized spacial score (nSPS) is 20.3. The van der Waals surface area contributed by atoms with Gasteiger partial charge in [-0.05, 0) is 42.2 Å². The molecule has 0 aliphatic carbocycles. The first-order valence-electron chi connectivity index (χ1n) is 8.39. The van der Waals surface area contributed by atoms with Gasteiger partial charge < -0.3 is 5.32 Å². The van der Waals surface area contributed by atoms with E-state index in [0.717, 1.165) is 17.7 Å². The topological polar surface area (TPSA) is 66.5 Å². The molecule has 2 atom stereocenters. The molecule has 0 saturated carbocycles. The number of carbonyl (C=O) groups excluding carboxylic acids is 1. The molecule has 25 heavy (non-hydrogen) atoms. The molecule has 0 spiro atoms. The van der Waals surface area contributed by atoms with Crippen LogP contribution in [0.1, 0.15) is 37.1 Å². The summed E-state index contributed by atoms with van der Waals surface area (Å²) in [6, 6.07) is 7.35. The van der Waals surface area contributed by atoms with E-state index >= 15 is 0 Å². The smallest absolute Gasteiger partial charge is 0.252 e. The first kappa shape index (κ1) is 18.6. The Labute approximate surface area is 156 Å².